The fourth-order valence-electron chi connectivity index (χ4n) is 2.45. The number of carbonyl (C=O) groups excluding carboxylic acids is 1. The molecule has 1 N–H and O–H groups in total. The highest BCUT2D eigenvalue weighted by molar-refractivity contribution is 5.74. The fourth-order valence-corrected chi connectivity index (χ4v) is 2.45. The molecule has 0 aliphatic carbocycles. The van der Waals surface area contributed by atoms with Crippen LogP contribution in [0.15, 0.2) is 24.3 Å². The van der Waals surface area contributed by atoms with Crippen molar-refractivity contribution in [3.8, 4) is 0 Å². The number of hydrogen-bond donors (Lipinski definition) is 1. The number of aryl methyl sites for hydroxylation is 1. The average Bonchev–Trinajstić information content (AvgIpc) is 2.28. The van der Waals surface area contributed by atoms with E-state index in [4.69, 9.17) is 4.74 Å². The summed E-state index contributed by atoms with van der Waals surface area (Å²) < 4.78 is 5.10. The molecule has 1 aromatic carbocycles. The molecule has 0 saturated heterocycles. The number of hydrogen-bond acceptors (Lipinski definition) is 3. The quantitative estimate of drug-likeness (QED) is 0.831. The van der Waals surface area contributed by atoms with Crippen LogP contribution in [-0.2, 0) is 15.1 Å². The molecule has 1 rings (SSSR count). The number of esters is 1. The van der Waals surface area contributed by atoms with Gasteiger partial charge in [-0.25, -0.2) is 0 Å². The lowest BCUT2D eigenvalue weighted by molar-refractivity contribution is -0.161. The molecule has 0 spiro atoms. The smallest absolute Gasteiger partial charge is 0.312 e. The summed E-state index contributed by atoms with van der Waals surface area (Å²) in [6.45, 7) is 9.61. The minimum Gasteiger partial charge on any atom is -0.466 e. The highest BCUT2D eigenvalue weighted by Crippen LogP contribution is 2.35. The Kier molecular flexibility index (Phi) is 5.12. The Morgan fingerprint density at radius 3 is 2.26 bits per heavy atom. The van der Waals surface area contributed by atoms with E-state index in [1.54, 1.807) is 13.8 Å². The van der Waals surface area contributed by atoms with Crippen molar-refractivity contribution >= 4 is 5.97 Å². The van der Waals surface area contributed by atoms with Crippen molar-refractivity contribution in [1.82, 2.24) is 0 Å². The van der Waals surface area contributed by atoms with Crippen LogP contribution in [0.5, 0.6) is 0 Å². The number of rotatable bonds is 5. The molecule has 0 amide bonds. The highest BCUT2D eigenvalue weighted by atomic mass is 16.5. The molecule has 19 heavy (non-hydrogen) atoms. The lowest BCUT2D eigenvalue weighted by Gasteiger charge is -2.34. The lowest BCUT2D eigenvalue weighted by Crippen LogP contribution is -2.41. The lowest BCUT2D eigenvalue weighted by atomic mass is 9.76. The van der Waals surface area contributed by atoms with Gasteiger partial charge in [0.25, 0.3) is 0 Å². The van der Waals surface area contributed by atoms with E-state index in [1.165, 1.54) is 0 Å². The van der Waals surface area contributed by atoms with Crippen LogP contribution >= 0.6 is 0 Å². The first-order chi connectivity index (χ1) is 8.80. The Morgan fingerprint density at radius 1 is 1.32 bits per heavy atom. The van der Waals surface area contributed by atoms with E-state index in [0.29, 0.717) is 6.61 Å². The second kappa shape index (κ2) is 6.20. The van der Waals surface area contributed by atoms with E-state index in [9.17, 15) is 9.90 Å². The minimum atomic E-state index is -1.23. The van der Waals surface area contributed by atoms with Crippen LogP contribution in [0.25, 0.3) is 0 Å². The van der Waals surface area contributed by atoms with E-state index < -0.39 is 11.5 Å². The summed E-state index contributed by atoms with van der Waals surface area (Å²) in [5.74, 6) is -0.923. The van der Waals surface area contributed by atoms with Gasteiger partial charge in [-0.2, -0.15) is 0 Å². The average molecular weight is 264 g/mol. The van der Waals surface area contributed by atoms with Crippen LogP contribution in [0.4, 0.5) is 0 Å². The third-order valence-electron chi connectivity index (χ3n) is 3.45. The van der Waals surface area contributed by atoms with Crippen molar-refractivity contribution in [2.45, 2.75) is 40.2 Å². The van der Waals surface area contributed by atoms with Gasteiger partial charge in [0.1, 0.15) is 5.60 Å². The molecular formula is C16H24O3. The van der Waals surface area contributed by atoms with Crippen LogP contribution in [0.1, 0.15) is 38.8 Å². The van der Waals surface area contributed by atoms with Crippen molar-refractivity contribution in [2.75, 3.05) is 6.61 Å². The van der Waals surface area contributed by atoms with Gasteiger partial charge in [-0.1, -0.05) is 43.7 Å². The van der Waals surface area contributed by atoms with Gasteiger partial charge in [-0.3, -0.25) is 4.79 Å². The SMILES string of the molecule is CCOC(=O)C(C(C)C)C(C)(O)c1ccc(C)cc1. The fraction of sp³-hybridized carbons (Fsp3) is 0.562. The number of ether oxygens (including phenoxy) is 1. The van der Waals surface area contributed by atoms with Crippen molar-refractivity contribution in [2.24, 2.45) is 11.8 Å². The Labute approximate surface area is 115 Å². The first-order valence-corrected chi connectivity index (χ1v) is 6.76. The second-order valence-electron chi connectivity index (χ2n) is 5.49. The molecular weight excluding hydrogens is 240 g/mol. The second-order valence-corrected chi connectivity index (χ2v) is 5.49. The first-order valence-electron chi connectivity index (χ1n) is 6.76. The van der Waals surface area contributed by atoms with Crippen LogP contribution < -0.4 is 0 Å². The standard InChI is InChI=1S/C16H24O3/c1-6-19-15(17)14(11(2)3)16(5,18)13-9-7-12(4)8-10-13/h7-11,14,18H,6H2,1-5H3. The van der Waals surface area contributed by atoms with Gasteiger partial charge < -0.3 is 9.84 Å². The predicted octanol–water partition coefficient (Wildman–Crippen LogP) is 3.04. The molecule has 2 atom stereocenters. The third-order valence-corrected chi connectivity index (χ3v) is 3.45. The van der Waals surface area contributed by atoms with Crippen LogP contribution in [0, 0.1) is 18.8 Å². The van der Waals surface area contributed by atoms with Gasteiger partial charge in [0.15, 0.2) is 0 Å². The maximum Gasteiger partial charge on any atom is 0.312 e. The Bertz CT molecular complexity index is 418. The molecule has 106 valence electrons. The monoisotopic (exact) mass is 264 g/mol. The van der Waals surface area contributed by atoms with E-state index in [2.05, 4.69) is 0 Å². The number of carbonyl (C=O) groups is 1. The summed E-state index contributed by atoms with van der Waals surface area (Å²) in [6.07, 6.45) is 0. The zero-order valence-corrected chi connectivity index (χ0v) is 12.4. The third kappa shape index (κ3) is 3.57. The number of benzene rings is 1. The molecule has 0 bridgehead atoms. The van der Waals surface area contributed by atoms with Gasteiger partial charge in [0.05, 0.1) is 12.5 Å². The topological polar surface area (TPSA) is 46.5 Å². The largest absolute Gasteiger partial charge is 0.466 e. The molecule has 0 saturated carbocycles. The van der Waals surface area contributed by atoms with Crippen LogP contribution in [0.3, 0.4) is 0 Å². The van der Waals surface area contributed by atoms with Gasteiger partial charge in [0.2, 0.25) is 0 Å². The van der Waals surface area contributed by atoms with E-state index in [0.717, 1.165) is 11.1 Å². The molecule has 3 heteroatoms. The van der Waals surface area contributed by atoms with Crippen molar-refractivity contribution in [3.05, 3.63) is 35.4 Å². The van der Waals surface area contributed by atoms with Gasteiger partial charge >= 0.3 is 5.97 Å². The molecule has 1 aromatic rings. The maximum absolute atomic E-state index is 12.1. The van der Waals surface area contributed by atoms with Gasteiger partial charge in [-0.15, -0.1) is 0 Å². The van der Waals surface area contributed by atoms with Gasteiger partial charge in [0, 0.05) is 0 Å². The molecule has 2 unspecified atom stereocenters. The summed E-state index contributed by atoms with van der Waals surface area (Å²) in [4.78, 5) is 12.1. The summed E-state index contributed by atoms with van der Waals surface area (Å²) in [5.41, 5.74) is 0.635. The molecule has 0 fully saturated rings. The number of aliphatic hydroxyl groups is 1. The summed E-state index contributed by atoms with van der Waals surface area (Å²) >= 11 is 0. The Balaban J connectivity index is 3.12. The highest BCUT2D eigenvalue weighted by Gasteiger charge is 2.41. The maximum atomic E-state index is 12.1. The molecule has 0 heterocycles. The normalized spacial score (nSPS) is 15.9. The summed E-state index contributed by atoms with van der Waals surface area (Å²) in [6, 6.07) is 7.60. The predicted molar refractivity (Wildman–Crippen MR) is 75.7 cm³/mol. The van der Waals surface area contributed by atoms with E-state index in [-0.39, 0.29) is 11.9 Å². The van der Waals surface area contributed by atoms with Gasteiger partial charge in [-0.05, 0) is 32.3 Å². The molecule has 0 aliphatic rings. The Hall–Kier alpha value is -1.35. The van der Waals surface area contributed by atoms with E-state index >= 15 is 0 Å². The van der Waals surface area contributed by atoms with Crippen molar-refractivity contribution in [1.29, 1.82) is 0 Å². The Morgan fingerprint density at radius 2 is 1.84 bits per heavy atom. The van der Waals surface area contributed by atoms with Crippen LogP contribution in [-0.4, -0.2) is 17.7 Å². The van der Waals surface area contributed by atoms with Crippen molar-refractivity contribution < 1.29 is 14.6 Å². The summed E-state index contributed by atoms with van der Waals surface area (Å²) in [7, 11) is 0. The first kappa shape index (κ1) is 15.7. The molecule has 0 aliphatic heterocycles. The van der Waals surface area contributed by atoms with Crippen molar-refractivity contribution in [3.63, 3.8) is 0 Å². The van der Waals surface area contributed by atoms with E-state index in [1.807, 2.05) is 45.0 Å². The van der Waals surface area contributed by atoms with Crippen LogP contribution in [0.2, 0.25) is 0 Å². The zero-order valence-electron chi connectivity index (χ0n) is 12.4. The zero-order chi connectivity index (χ0) is 14.6. The summed E-state index contributed by atoms with van der Waals surface area (Å²) in [5, 5.41) is 10.8. The minimum absolute atomic E-state index is 0.00430. The molecule has 0 aromatic heterocycles. The molecule has 3 nitrogen and oxygen atoms in total. The molecule has 0 radical (unpaired) electrons.